The molecule has 1 fully saturated rings. The highest BCUT2D eigenvalue weighted by Gasteiger charge is 2.42. The zero-order chi connectivity index (χ0) is 21.1. The molecule has 0 aliphatic carbocycles. The van der Waals surface area contributed by atoms with Crippen LogP contribution in [0.2, 0.25) is 0 Å². The lowest BCUT2D eigenvalue weighted by molar-refractivity contribution is -0.0350. The number of nitrogens with one attached hydrogen (secondary N) is 1. The first-order valence-corrected chi connectivity index (χ1v) is 8.91. The molecule has 1 aromatic heterocycles. The first-order valence-electron chi connectivity index (χ1n) is 8.91. The summed E-state index contributed by atoms with van der Waals surface area (Å²) < 4.78 is 11.5. The second kappa shape index (κ2) is 8.45. The monoisotopic (exact) mass is 399 g/mol. The molecule has 0 unspecified atom stereocenters. The lowest BCUT2D eigenvalue weighted by Crippen LogP contribution is -2.36. The van der Waals surface area contributed by atoms with Crippen molar-refractivity contribution in [1.82, 2.24) is 9.55 Å². The van der Waals surface area contributed by atoms with Crippen LogP contribution < -0.4 is 11.0 Å². The fourth-order valence-electron chi connectivity index (χ4n) is 2.99. The summed E-state index contributed by atoms with van der Waals surface area (Å²) >= 11 is 0. The van der Waals surface area contributed by atoms with E-state index in [0.29, 0.717) is 0 Å². The Morgan fingerprint density at radius 2 is 2.17 bits per heavy atom. The Balaban J connectivity index is 1.75. The number of carbonyl (C=O) groups is 1. The van der Waals surface area contributed by atoms with Crippen LogP contribution in [0.15, 0.2) is 35.3 Å². The number of carbonyl (C=O) groups excluding carboxylic acids is 1. The third-order valence-corrected chi connectivity index (χ3v) is 4.53. The van der Waals surface area contributed by atoms with Crippen molar-refractivity contribution in [2.45, 2.75) is 45.0 Å². The van der Waals surface area contributed by atoms with Crippen molar-refractivity contribution in [3.63, 3.8) is 0 Å². The topological polar surface area (TPSA) is 123 Å². The number of amides is 1. The number of hydrogen-bond donors (Lipinski definition) is 3. The molecule has 1 aliphatic heterocycles. The van der Waals surface area contributed by atoms with Gasteiger partial charge in [0.05, 0.1) is 11.7 Å². The normalized spacial score (nSPS) is 23.4. The van der Waals surface area contributed by atoms with Crippen LogP contribution in [-0.2, 0) is 16.1 Å². The maximum Gasteiger partial charge on any atom is 0.413 e. The minimum absolute atomic E-state index is 0.0356. The Morgan fingerprint density at radius 3 is 2.79 bits per heavy atom. The van der Waals surface area contributed by atoms with Gasteiger partial charge >= 0.3 is 11.8 Å². The molecule has 4 atom stereocenters. The van der Waals surface area contributed by atoms with E-state index in [1.54, 1.807) is 6.92 Å². The van der Waals surface area contributed by atoms with Crippen molar-refractivity contribution in [3.8, 4) is 12.3 Å². The summed E-state index contributed by atoms with van der Waals surface area (Å²) in [5, 5.41) is 22.3. The van der Waals surface area contributed by atoms with Crippen molar-refractivity contribution >= 4 is 11.9 Å². The molecule has 0 radical (unpaired) electrons. The van der Waals surface area contributed by atoms with E-state index in [1.807, 2.05) is 31.2 Å². The summed E-state index contributed by atoms with van der Waals surface area (Å²) in [6.45, 7) is 3.52. The fourth-order valence-corrected chi connectivity index (χ4v) is 2.99. The predicted molar refractivity (Wildman–Crippen MR) is 103 cm³/mol. The number of hydrogen-bond acceptors (Lipinski definition) is 7. The summed E-state index contributed by atoms with van der Waals surface area (Å²) in [5.41, 5.74) is 1.10. The van der Waals surface area contributed by atoms with E-state index in [2.05, 4.69) is 16.2 Å². The van der Waals surface area contributed by atoms with Crippen LogP contribution in [0.4, 0.5) is 10.6 Å². The van der Waals surface area contributed by atoms with E-state index < -0.39 is 36.3 Å². The Bertz CT molecular complexity index is 1010. The quantitative estimate of drug-likeness (QED) is 0.654. The van der Waals surface area contributed by atoms with E-state index in [0.717, 1.165) is 15.7 Å². The summed E-state index contributed by atoms with van der Waals surface area (Å²) in [6.07, 6.45) is 1.56. The zero-order valence-corrected chi connectivity index (χ0v) is 15.9. The number of aromatic nitrogens is 2. The molecular weight excluding hydrogens is 378 g/mol. The third-order valence-electron chi connectivity index (χ3n) is 4.53. The SMILES string of the molecule is C#Cc1cn([C@@H]2O[C@H](C)[C@@H](O)[C@H]2O)c(=O)nc1NC(=O)OCc1cccc(C)c1. The average Bonchev–Trinajstić information content (AvgIpc) is 2.94. The maximum absolute atomic E-state index is 12.4. The number of nitrogens with zero attached hydrogens (tertiary/aromatic N) is 2. The third kappa shape index (κ3) is 4.46. The van der Waals surface area contributed by atoms with Gasteiger partial charge in [0.25, 0.3) is 0 Å². The van der Waals surface area contributed by atoms with Crippen molar-refractivity contribution in [2.24, 2.45) is 0 Å². The van der Waals surface area contributed by atoms with Gasteiger partial charge in [-0.3, -0.25) is 9.88 Å². The average molecular weight is 399 g/mol. The molecule has 3 N–H and O–H groups in total. The molecule has 1 aliphatic rings. The number of aliphatic hydroxyl groups excluding tert-OH is 2. The number of terminal acetylenes is 1. The molecule has 29 heavy (non-hydrogen) atoms. The van der Waals surface area contributed by atoms with E-state index in [4.69, 9.17) is 15.9 Å². The van der Waals surface area contributed by atoms with Gasteiger partial charge in [-0.05, 0) is 19.4 Å². The van der Waals surface area contributed by atoms with E-state index in [1.165, 1.54) is 6.20 Å². The highest BCUT2D eigenvalue weighted by Crippen LogP contribution is 2.28. The van der Waals surface area contributed by atoms with Crippen molar-refractivity contribution in [3.05, 3.63) is 57.6 Å². The summed E-state index contributed by atoms with van der Waals surface area (Å²) in [7, 11) is 0. The maximum atomic E-state index is 12.4. The Hall–Kier alpha value is -3.19. The number of rotatable bonds is 4. The van der Waals surface area contributed by atoms with Crippen molar-refractivity contribution in [2.75, 3.05) is 5.32 Å². The minimum atomic E-state index is -1.33. The van der Waals surface area contributed by atoms with E-state index >= 15 is 0 Å². The Kier molecular flexibility index (Phi) is 5.98. The number of aryl methyl sites for hydroxylation is 1. The highest BCUT2D eigenvalue weighted by atomic mass is 16.6. The van der Waals surface area contributed by atoms with Crippen LogP contribution in [-0.4, -0.2) is 44.2 Å². The molecule has 1 saturated heterocycles. The molecule has 152 valence electrons. The van der Waals surface area contributed by atoms with Gasteiger partial charge in [-0.2, -0.15) is 4.98 Å². The summed E-state index contributed by atoms with van der Waals surface area (Å²) in [6, 6.07) is 7.46. The molecule has 9 heteroatoms. The number of ether oxygens (including phenoxy) is 2. The van der Waals surface area contributed by atoms with Gasteiger partial charge in [-0.1, -0.05) is 35.7 Å². The molecule has 3 rings (SSSR count). The van der Waals surface area contributed by atoms with Crippen molar-refractivity contribution < 1.29 is 24.5 Å². The van der Waals surface area contributed by atoms with Crippen LogP contribution >= 0.6 is 0 Å². The Labute approximate surface area is 166 Å². The molecule has 0 bridgehead atoms. The van der Waals surface area contributed by atoms with Gasteiger partial charge in [0.15, 0.2) is 12.0 Å². The van der Waals surface area contributed by atoms with E-state index in [-0.39, 0.29) is 18.0 Å². The predicted octanol–water partition coefficient (Wildman–Crippen LogP) is 0.921. The van der Waals surface area contributed by atoms with Gasteiger partial charge < -0.3 is 19.7 Å². The summed E-state index contributed by atoms with van der Waals surface area (Å²) in [4.78, 5) is 28.2. The highest BCUT2D eigenvalue weighted by molar-refractivity contribution is 5.84. The fraction of sp³-hybridized carbons (Fsp3) is 0.350. The lowest BCUT2D eigenvalue weighted by Gasteiger charge is -2.18. The second-order valence-electron chi connectivity index (χ2n) is 6.74. The smallest absolute Gasteiger partial charge is 0.413 e. The zero-order valence-electron chi connectivity index (χ0n) is 15.9. The first-order chi connectivity index (χ1) is 13.8. The summed E-state index contributed by atoms with van der Waals surface area (Å²) in [5.74, 6) is 2.17. The van der Waals surface area contributed by atoms with Gasteiger partial charge in [0.1, 0.15) is 18.8 Å². The second-order valence-corrected chi connectivity index (χ2v) is 6.74. The van der Waals surface area contributed by atoms with Gasteiger partial charge in [0, 0.05) is 6.20 Å². The lowest BCUT2D eigenvalue weighted by atomic mass is 10.1. The molecule has 0 saturated carbocycles. The Morgan fingerprint density at radius 1 is 1.41 bits per heavy atom. The van der Waals surface area contributed by atoms with Crippen molar-refractivity contribution in [1.29, 1.82) is 0 Å². The van der Waals surface area contributed by atoms with Crippen LogP contribution in [0, 0.1) is 19.3 Å². The largest absolute Gasteiger partial charge is 0.444 e. The number of benzene rings is 1. The molecule has 2 heterocycles. The minimum Gasteiger partial charge on any atom is -0.444 e. The molecule has 1 amide bonds. The molecule has 9 nitrogen and oxygen atoms in total. The van der Waals surface area contributed by atoms with Gasteiger partial charge in [0.2, 0.25) is 0 Å². The molecule has 2 aromatic rings. The standard InChI is InChI=1S/C20H21N3O6/c1-4-14-9-23(18-16(25)15(24)12(3)29-18)19(26)21-17(14)22-20(27)28-10-13-7-5-6-11(2)8-13/h1,5-9,12,15-16,18,24-25H,10H2,2-3H3,(H,21,22,26,27)/t12-,15-,16-,18-/m1/s1. The number of anilines is 1. The number of aliphatic hydroxyl groups is 2. The van der Waals surface area contributed by atoms with Crippen LogP contribution in [0.1, 0.15) is 29.8 Å². The van der Waals surface area contributed by atoms with Gasteiger partial charge in [-0.15, -0.1) is 6.42 Å². The van der Waals surface area contributed by atoms with Crippen LogP contribution in [0.3, 0.4) is 0 Å². The molecule has 0 spiro atoms. The van der Waals surface area contributed by atoms with Gasteiger partial charge in [-0.25, -0.2) is 9.59 Å². The first kappa shape index (κ1) is 20.5. The van der Waals surface area contributed by atoms with E-state index in [9.17, 15) is 19.8 Å². The molecular formula is C20H21N3O6. The van der Waals surface area contributed by atoms with Crippen LogP contribution in [0.5, 0.6) is 0 Å². The van der Waals surface area contributed by atoms with Crippen LogP contribution in [0.25, 0.3) is 0 Å². The molecule has 1 aromatic carbocycles.